The zero-order valence-electron chi connectivity index (χ0n) is 13.4. The summed E-state index contributed by atoms with van der Waals surface area (Å²) in [5.41, 5.74) is 2.88. The fraction of sp³-hybridized carbons (Fsp3) is 0.278. The normalized spacial score (nSPS) is 12.3. The number of hydrogen-bond donors (Lipinski definition) is 0. The van der Waals surface area contributed by atoms with Gasteiger partial charge < -0.3 is 9.47 Å². The number of rotatable bonds is 5. The molecular formula is C18H20N4O. The number of imidazole rings is 1. The number of likely N-dealkylation sites (N-methyl/N-ethyl adjacent to an activating group) is 1. The molecule has 23 heavy (non-hydrogen) atoms. The molecule has 0 fully saturated rings. The predicted molar refractivity (Wildman–Crippen MR) is 89.9 cm³/mol. The number of fused-ring (bicyclic) bond motifs is 1. The first kappa shape index (κ1) is 15.2. The molecule has 118 valence electrons. The van der Waals surface area contributed by atoms with Gasteiger partial charge in [-0.1, -0.05) is 18.2 Å². The van der Waals surface area contributed by atoms with Crippen molar-refractivity contribution in [1.82, 2.24) is 19.4 Å². The van der Waals surface area contributed by atoms with Gasteiger partial charge in [-0.05, 0) is 31.2 Å². The molecule has 0 spiro atoms. The van der Waals surface area contributed by atoms with E-state index in [0.29, 0.717) is 6.54 Å². The maximum atomic E-state index is 12.5. The highest BCUT2D eigenvalue weighted by atomic mass is 16.2. The van der Waals surface area contributed by atoms with Crippen molar-refractivity contribution in [3.63, 3.8) is 0 Å². The van der Waals surface area contributed by atoms with E-state index in [1.165, 1.54) is 0 Å². The Morgan fingerprint density at radius 1 is 1.17 bits per heavy atom. The molecular weight excluding hydrogens is 288 g/mol. The highest BCUT2D eigenvalue weighted by Gasteiger charge is 2.17. The lowest BCUT2D eigenvalue weighted by molar-refractivity contribution is -0.132. The number of aromatic nitrogens is 3. The molecule has 1 unspecified atom stereocenters. The van der Waals surface area contributed by atoms with Gasteiger partial charge in [-0.25, -0.2) is 4.98 Å². The Morgan fingerprint density at radius 3 is 2.74 bits per heavy atom. The van der Waals surface area contributed by atoms with Crippen LogP contribution < -0.4 is 0 Å². The van der Waals surface area contributed by atoms with Crippen LogP contribution in [0, 0.1) is 0 Å². The van der Waals surface area contributed by atoms with E-state index in [9.17, 15) is 4.79 Å². The molecule has 3 rings (SSSR count). The monoisotopic (exact) mass is 308 g/mol. The maximum absolute atomic E-state index is 12.5. The number of benzene rings is 1. The van der Waals surface area contributed by atoms with E-state index < -0.39 is 0 Å². The summed E-state index contributed by atoms with van der Waals surface area (Å²) < 4.78 is 1.89. The van der Waals surface area contributed by atoms with E-state index in [2.05, 4.69) is 9.97 Å². The van der Waals surface area contributed by atoms with Gasteiger partial charge >= 0.3 is 0 Å². The maximum Gasteiger partial charge on any atom is 0.242 e. The summed E-state index contributed by atoms with van der Waals surface area (Å²) in [5, 5.41) is 0. The molecule has 1 aromatic carbocycles. The van der Waals surface area contributed by atoms with E-state index in [4.69, 9.17) is 0 Å². The van der Waals surface area contributed by atoms with Crippen LogP contribution in [0.4, 0.5) is 0 Å². The smallest absolute Gasteiger partial charge is 0.242 e. The molecule has 5 nitrogen and oxygen atoms in total. The van der Waals surface area contributed by atoms with Gasteiger partial charge in [0.2, 0.25) is 5.91 Å². The van der Waals surface area contributed by atoms with Gasteiger partial charge in [0.15, 0.2) is 0 Å². The van der Waals surface area contributed by atoms with Crippen LogP contribution in [0.15, 0.2) is 55.0 Å². The number of amides is 1. The Balaban J connectivity index is 1.67. The third-order valence-electron chi connectivity index (χ3n) is 4.12. The Morgan fingerprint density at radius 2 is 1.96 bits per heavy atom. The summed E-state index contributed by atoms with van der Waals surface area (Å²) in [7, 11) is 1.84. The van der Waals surface area contributed by atoms with Crippen LogP contribution >= 0.6 is 0 Å². The lowest BCUT2D eigenvalue weighted by atomic mass is 10.1. The molecule has 0 N–H and O–H groups in total. The molecule has 0 radical (unpaired) electrons. The molecule has 3 aromatic rings. The van der Waals surface area contributed by atoms with Gasteiger partial charge in [0.05, 0.1) is 17.4 Å². The average Bonchev–Trinajstić information content (AvgIpc) is 2.98. The molecule has 0 saturated heterocycles. The number of pyridine rings is 1. The lowest BCUT2D eigenvalue weighted by Gasteiger charge is -2.25. The van der Waals surface area contributed by atoms with Crippen molar-refractivity contribution in [2.24, 2.45) is 0 Å². The van der Waals surface area contributed by atoms with Crippen molar-refractivity contribution in [3.8, 4) is 0 Å². The quantitative estimate of drug-likeness (QED) is 0.728. The van der Waals surface area contributed by atoms with Crippen molar-refractivity contribution < 1.29 is 4.79 Å². The van der Waals surface area contributed by atoms with E-state index in [0.717, 1.165) is 23.1 Å². The lowest BCUT2D eigenvalue weighted by Crippen LogP contribution is -2.38. The number of nitrogens with zero attached hydrogens (tertiary/aromatic N) is 4. The number of carbonyl (C=O) groups is 1. The first-order valence-electron chi connectivity index (χ1n) is 7.70. The molecule has 5 heteroatoms. The summed E-state index contributed by atoms with van der Waals surface area (Å²) in [6, 6.07) is 13.8. The average molecular weight is 308 g/mol. The third-order valence-corrected chi connectivity index (χ3v) is 4.12. The molecule has 1 atom stereocenters. The second-order valence-electron chi connectivity index (χ2n) is 5.74. The fourth-order valence-electron chi connectivity index (χ4n) is 2.60. The van der Waals surface area contributed by atoms with Crippen molar-refractivity contribution in [3.05, 3.63) is 60.7 Å². The SMILES string of the molecule is CC(Cc1ccccn1)N(C)C(=O)Cn1cnc2ccccc21. The molecule has 1 amide bonds. The minimum Gasteiger partial charge on any atom is -0.341 e. The Bertz CT molecular complexity index is 797. The van der Waals surface area contributed by atoms with Crippen LogP contribution in [0.5, 0.6) is 0 Å². The second-order valence-corrected chi connectivity index (χ2v) is 5.74. The highest BCUT2D eigenvalue weighted by Crippen LogP contribution is 2.13. The molecule has 0 aliphatic carbocycles. The van der Waals surface area contributed by atoms with Crippen LogP contribution in [0.3, 0.4) is 0 Å². The molecule has 0 bridgehead atoms. The van der Waals surface area contributed by atoms with Crippen LogP contribution in [0.1, 0.15) is 12.6 Å². The van der Waals surface area contributed by atoms with E-state index in [-0.39, 0.29) is 11.9 Å². The molecule has 2 aromatic heterocycles. The van der Waals surface area contributed by atoms with Crippen molar-refractivity contribution >= 4 is 16.9 Å². The number of carbonyl (C=O) groups excluding carboxylic acids is 1. The van der Waals surface area contributed by atoms with Crippen LogP contribution in [0.25, 0.3) is 11.0 Å². The molecule has 0 aliphatic heterocycles. The van der Waals surface area contributed by atoms with Gasteiger partial charge in [-0.3, -0.25) is 9.78 Å². The van der Waals surface area contributed by atoms with Gasteiger partial charge in [0, 0.05) is 31.4 Å². The number of hydrogen-bond acceptors (Lipinski definition) is 3. The van der Waals surface area contributed by atoms with E-state index >= 15 is 0 Å². The van der Waals surface area contributed by atoms with Gasteiger partial charge in [0.25, 0.3) is 0 Å². The first-order valence-corrected chi connectivity index (χ1v) is 7.70. The van der Waals surface area contributed by atoms with E-state index in [1.54, 1.807) is 17.4 Å². The Labute approximate surface area is 135 Å². The van der Waals surface area contributed by atoms with Crippen LogP contribution in [-0.2, 0) is 17.8 Å². The van der Waals surface area contributed by atoms with Crippen molar-refractivity contribution in [2.75, 3.05) is 7.05 Å². The standard InChI is InChI=1S/C18H20N4O/c1-14(11-15-7-5-6-10-19-15)21(2)18(23)12-22-13-20-16-8-3-4-9-17(16)22/h3-10,13-14H,11-12H2,1-2H3. The first-order chi connectivity index (χ1) is 11.1. The molecule has 0 saturated carbocycles. The largest absolute Gasteiger partial charge is 0.341 e. The summed E-state index contributed by atoms with van der Waals surface area (Å²) >= 11 is 0. The third kappa shape index (κ3) is 3.39. The minimum atomic E-state index is 0.0663. The summed E-state index contributed by atoms with van der Waals surface area (Å²) in [6.45, 7) is 2.34. The Hall–Kier alpha value is -2.69. The fourth-order valence-corrected chi connectivity index (χ4v) is 2.60. The topological polar surface area (TPSA) is 51.0 Å². The zero-order valence-corrected chi connectivity index (χ0v) is 13.4. The van der Waals surface area contributed by atoms with E-state index in [1.807, 2.05) is 61.0 Å². The van der Waals surface area contributed by atoms with Crippen LogP contribution in [0.2, 0.25) is 0 Å². The van der Waals surface area contributed by atoms with Gasteiger partial charge in [-0.15, -0.1) is 0 Å². The van der Waals surface area contributed by atoms with Crippen molar-refractivity contribution in [2.45, 2.75) is 25.9 Å². The Kier molecular flexibility index (Phi) is 4.37. The van der Waals surface area contributed by atoms with Crippen LogP contribution in [-0.4, -0.2) is 38.4 Å². The van der Waals surface area contributed by atoms with Gasteiger partial charge in [0.1, 0.15) is 6.54 Å². The summed E-state index contributed by atoms with van der Waals surface area (Å²) in [6.07, 6.45) is 4.25. The second kappa shape index (κ2) is 6.60. The molecule has 0 aliphatic rings. The highest BCUT2D eigenvalue weighted by molar-refractivity contribution is 5.80. The minimum absolute atomic E-state index is 0.0663. The zero-order chi connectivity index (χ0) is 16.2. The van der Waals surface area contributed by atoms with Crippen molar-refractivity contribution in [1.29, 1.82) is 0 Å². The summed E-state index contributed by atoms with van der Waals surface area (Å²) in [5.74, 6) is 0.0663. The predicted octanol–water partition coefficient (Wildman–Crippen LogP) is 2.52. The van der Waals surface area contributed by atoms with Gasteiger partial charge in [-0.2, -0.15) is 0 Å². The molecule has 2 heterocycles. The number of para-hydroxylation sites is 2. The summed E-state index contributed by atoms with van der Waals surface area (Å²) in [4.78, 5) is 23.0.